The van der Waals surface area contributed by atoms with Gasteiger partial charge in [-0.15, -0.1) is 0 Å². The Morgan fingerprint density at radius 3 is 2.50 bits per heavy atom. The highest BCUT2D eigenvalue weighted by molar-refractivity contribution is 5.81. The SMILES string of the molecule is C=CC(=O)OCCC(=O)OC(C)(C)COC. The van der Waals surface area contributed by atoms with Crippen LogP contribution in [0.1, 0.15) is 20.3 Å². The fourth-order valence-corrected chi connectivity index (χ4v) is 1.03. The number of esters is 2. The van der Waals surface area contributed by atoms with Crippen molar-refractivity contribution in [2.45, 2.75) is 25.9 Å². The molecule has 0 aliphatic heterocycles. The Balaban J connectivity index is 3.82. The van der Waals surface area contributed by atoms with Crippen molar-refractivity contribution < 1.29 is 23.8 Å². The fraction of sp³-hybridized carbons (Fsp3) is 0.636. The molecule has 0 N–H and O–H groups in total. The molecular formula is C11H18O5. The van der Waals surface area contributed by atoms with Gasteiger partial charge in [0.25, 0.3) is 0 Å². The van der Waals surface area contributed by atoms with E-state index in [1.807, 2.05) is 0 Å². The molecule has 0 atom stereocenters. The van der Waals surface area contributed by atoms with E-state index in [0.717, 1.165) is 6.08 Å². The Bertz CT molecular complexity index is 257. The number of hydrogen-bond donors (Lipinski definition) is 0. The molecule has 0 heterocycles. The molecule has 0 spiro atoms. The molecule has 0 unspecified atom stereocenters. The van der Waals surface area contributed by atoms with Crippen LogP contribution in [0.5, 0.6) is 0 Å². The van der Waals surface area contributed by atoms with Gasteiger partial charge in [0.15, 0.2) is 0 Å². The van der Waals surface area contributed by atoms with Crippen molar-refractivity contribution in [3.63, 3.8) is 0 Å². The molecule has 5 nitrogen and oxygen atoms in total. The number of rotatable bonds is 7. The van der Waals surface area contributed by atoms with Crippen molar-refractivity contribution in [2.24, 2.45) is 0 Å². The zero-order chi connectivity index (χ0) is 12.6. The van der Waals surface area contributed by atoms with Gasteiger partial charge in [-0.05, 0) is 13.8 Å². The quantitative estimate of drug-likeness (QED) is 0.483. The second kappa shape index (κ2) is 7.00. The first-order chi connectivity index (χ1) is 7.41. The molecule has 0 aromatic rings. The van der Waals surface area contributed by atoms with Gasteiger partial charge in [0, 0.05) is 13.2 Å². The summed E-state index contributed by atoms with van der Waals surface area (Å²) in [5.41, 5.74) is -0.672. The smallest absolute Gasteiger partial charge is 0.330 e. The summed E-state index contributed by atoms with van der Waals surface area (Å²) < 4.78 is 14.7. The van der Waals surface area contributed by atoms with Gasteiger partial charge in [-0.2, -0.15) is 0 Å². The van der Waals surface area contributed by atoms with E-state index in [1.165, 1.54) is 7.11 Å². The highest BCUT2D eigenvalue weighted by atomic mass is 16.6. The van der Waals surface area contributed by atoms with E-state index >= 15 is 0 Å². The van der Waals surface area contributed by atoms with Crippen molar-refractivity contribution in [1.29, 1.82) is 0 Å². The Morgan fingerprint density at radius 1 is 1.38 bits per heavy atom. The van der Waals surface area contributed by atoms with Gasteiger partial charge in [-0.3, -0.25) is 4.79 Å². The lowest BCUT2D eigenvalue weighted by Crippen LogP contribution is -2.33. The molecular weight excluding hydrogens is 212 g/mol. The second-order valence-corrected chi connectivity index (χ2v) is 3.79. The van der Waals surface area contributed by atoms with Crippen molar-refractivity contribution in [3.8, 4) is 0 Å². The third-order valence-electron chi connectivity index (χ3n) is 1.60. The van der Waals surface area contributed by atoms with E-state index < -0.39 is 17.5 Å². The lowest BCUT2D eigenvalue weighted by Gasteiger charge is -2.23. The second-order valence-electron chi connectivity index (χ2n) is 3.79. The van der Waals surface area contributed by atoms with Gasteiger partial charge in [0.1, 0.15) is 12.2 Å². The lowest BCUT2D eigenvalue weighted by molar-refractivity contribution is -0.162. The average molecular weight is 230 g/mol. The van der Waals surface area contributed by atoms with Crippen LogP contribution in [0.15, 0.2) is 12.7 Å². The molecule has 5 heteroatoms. The maximum absolute atomic E-state index is 11.3. The first kappa shape index (κ1) is 14.6. The number of methoxy groups -OCH3 is 1. The van der Waals surface area contributed by atoms with Crippen LogP contribution in [-0.4, -0.2) is 37.9 Å². The molecule has 0 aliphatic carbocycles. The van der Waals surface area contributed by atoms with Gasteiger partial charge < -0.3 is 14.2 Å². The van der Waals surface area contributed by atoms with Crippen LogP contribution in [0.2, 0.25) is 0 Å². The summed E-state index contributed by atoms with van der Waals surface area (Å²) in [6, 6.07) is 0. The molecule has 0 radical (unpaired) electrons. The van der Waals surface area contributed by atoms with Gasteiger partial charge in [0.2, 0.25) is 0 Å². The predicted molar refractivity (Wildman–Crippen MR) is 57.8 cm³/mol. The third-order valence-corrected chi connectivity index (χ3v) is 1.60. The summed E-state index contributed by atoms with van der Waals surface area (Å²) in [7, 11) is 1.53. The first-order valence-electron chi connectivity index (χ1n) is 4.91. The molecule has 0 rings (SSSR count). The molecule has 0 amide bonds. The monoisotopic (exact) mass is 230 g/mol. The van der Waals surface area contributed by atoms with E-state index in [4.69, 9.17) is 9.47 Å². The first-order valence-corrected chi connectivity index (χ1v) is 4.91. The summed E-state index contributed by atoms with van der Waals surface area (Å²) in [5.74, 6) is -0.983. The molecule has 0 saturated heterocycles. The maximum Gasteiger partial charge on any atom is 0.330 e. The summed E-state index contributed by atoms with van der Waals surface area (Å²) >= 11 is 0. The Morgan fingerprint density at radius 2 is 2.00 bits per heavy atom. The number of carbonyl (C=O) groups excluding carboxylic acids is 2. The normalized spacial score (nSPS) is 10.7. The number of hydrogen-bond acceptors (Lipinski definition) is 5. The minimum atomic E-state index is -0.672. The Kier molecular flexibility index (Phi) is 6.41. The van der Waals surface area contributed by atoms with Gasteiger partial charge >= 0.3 is 11.9 Å². The molecule has 0 saturated carbocycles. The van der Waals surface area contributed by atoms with E-state index in [0.29, 0.717) is 6.61 Å². The molecule has 0 aromatic carbocycles. The topological polar surface area (TPSA) is 61.8 Å². The lowest BCUT2D eigenvalue weighted by atomic mass is 10.1. The van der Waals surface area contributed by atoms with Crippen molar-refractivity contribution in [3.05, 3.63) is 12.7 Å². The van der Waals surface area contributed by atoms with E-state index in [1.54, 1.807) is 13.8 Å². The van der Waals surface area contributed by atoms with Crippen LogP contribution in [0.3, 0.4) is 0 Å². The summed E-state index contributed by atoms with van der Waals surface area (Å²) in [6.07, 6.45) is 1.06. The Hall–Kier alpha value is -1.36. The molecule has 0 aromatic heterocycles. The number of ether oxygens (including phenoxy) is 3. The van der Waals surface area contributed by atoms with Crippen LogP contribution < -0.4 is 0 Å². The van der Waals surface area contributed by atoms with E-state index in [-0.39, 0.29) is 13.0 Å². The third kappa shape index (κ3) is 7.00. The highest BCUT2D eigenvalue weighted by Crippen LogP contribution is 2.10. The molecule has 0 aliphatic rings. The Labute approximate surface area is 95.4 Å². The largest absolute Gasteiger partial charge is 0.462 e. The van der Waals surface area contributed by atoms with E-state index in [2.05, 4.69) is 11.3 Å². The average Bonchev–Trinajstić information content (AvgIpc) is 2.16. The van der Waals surface area contributed by atoms with Crippen LogP contribution in [0.4, 0.5) is 0 Å². The van der Waals surface area contributed by atoms with Crippen molar-refractivity contribution >= 4 is 11.9 Å². The zero-order valence-electron chi connectivity index (χ0n) is 9.95. The zero-order valence-corrected chi connectivity index (χ0v) is 9.95. The minimum Gasteiger partial charge on any atom is -0.462 e. The maximum atomic E-state index is 11.3. The molecule has 92 valence electrons. The van der Waals surface area contributed by atoms with Crippen LogP contribution >= 0.6 is 0 Å². The summed E-state index contributed by atoms with van der Waals surface area (Å²) in [6.45, 7) is 7.02. The van der Waals surface area contributed by atoms with Gasteiger partial charge in [-0.1, -0.05) is 6.58 Å². The molecule has 16 heavy (non-hydrogen) atoms. The molecule has 0 bridgehead atoms. The van der Waals surface area contributed by atoms with E-state index in [9.17, 15) is 9.59 Å². The standard InChI is InChI=1S/C11H18O5/c1-5-9(12)15-7-6-10(13)16-11(2,3)8-14-4/h5H,1,6-8H2,2-4H3. The predicted octanol–water partition coefficient (Wildman–Crippen LogP) is 1.07. The van der Waals surface area contributed by atoms with Crippen molar-refractivity contribution in [1.82, 2.24) is 0 Å². The van der Waals surface area contributed by atoms with Crippen LogP contribution in [-0.2, 0) is 23.8 Å². The minimum absolute atomic E-state index is 0.00719. The van der Waals surface area contributed by atoms with Crippen LogP contribution in [0.25, 0.3) is 0 Å². The van der Waals surface area contributed by atoms with Crippen LogP contribution in [0, 0.1) is 0 Å². The van der Waals surface area contributed by atoms with Crippen molar-refractivity contribution in [2.75, 3.05) is 20.3 Å². The highest BCUT2D eigenvalue weighted by Gasteiger charge is 2.22. The molecule has 0 fully saturated rings. The number of carbonyl (C=O) groups is 2. The fourth-order valence-electron chi connectivity index (χ4n) is 1.03. The summed E-state index contributed by atoms with van der Waals surface area (Å²) in [5, 5.41) is 0. The van der Waals surface area contributed by atoms with Gasteiger partial charge in [-0.25, -0.2) is 4.79 Å². The van der Waals surface area contributed by atoms with Gasteiger partial charge in [0.05, 0.1) is 13.0 Å². The summed E-state index contributed by atoms with van der Waals surface area (Å²) in [4.78, 5) is 22.0.